The van der Waals surface area contributed by atoms with Gasteiger partial charge >= 0.3 is 6.18 Å². The molecule has 1 aliphatic rings. The Labute approximate surface area is 111 Å². The highest BCUT2D eigenvalue weighted by molar-refractivity contribution is 4.82. The molecule has 0 bridgehead atoms. The summed E-state index contributed by atoms with van der Waals surface area (Å²) in [5, 5.41) is 7.33. The molecule has 1 aromatic heterocycles. The maximum Gasteiger partial charge on any atom is 0.391 e. The van der Waals surface area contributed by atoms with Crippen LogP contribution in [0.3, 0.4) is 0 Å². The number of aromatic nitrogens is 2. The van der Waals surface area contributed by atoms with Crippen LogP contribution in [-0.4, -0.2) is 28.5 Å². The van der Waals surface area contributed by atoms with Crippen molar-refractivity contribution in [3.63, 3.8) is 0 Å². The summed E-state index contributed by atoms with van der Waals surface area (Å²) in [6.07, 6.45) is 2.50. The molecule has 1 aliphatic carbocycles. The van der Waals surface area contributed by atoms with Crippen LogP contribution in [0.25, 0.3) is 0 Å². The Bertz CT molecular complexity index is 362. The van der Waals surface area contributed by atoms with Crippen molar-refractivity contribution >= 4 is 0 Å². The van der Waals surface area contributed by atoms with Crippen LogP contribution in [0.5, 0.6) is 0 Å². The highest BCUT2D eigenvalue weighted by atomic mass is 19.4. The van der Waals surface area contributed by atoms with Crippen molar-refractivity contribution in [1.82, 2.24) is 15.1 Å². The van der Waals surface area contributed by atoms with Crippen molar-refractivity contribution in [2.75, 3.05) is 6.54 Å². The van der Waals surface area contributed by atoms with Gasteiger partial charge in [0.25, 0.3) is 0 Å². The van der Waals surface area contributed by atoms with E-state index < -0.39 is 12.1 Å². The van der Waals surface area contributed by atoms with Gasteiger partial charge in [-0.2, -0.15) is 18.3 Å². The molecule has 0 saturated heterocycles. The molecule has 2 unspecified atom stereocenters. The Morgan fingerprint density at radius 1 is 1.32 bits per heavy atom. The van der Waals surface area contributed by atoms with E-state index in [1.54, 1.807) is 6.20 Å². The van der Waals surface area contributed by atoms with E-state index in [0.29, 0.717) is 6.42 Å². The molecule has 2 atom stereocenters. The number of nitrogens with zero attached hydrogens (tertiary/aromatic N) is 2. The molecular formula is C13H20F3N3. The fourth-order valence-corrected chi connectivity index (χ4v) is 2.65. The zero-order valence-electron chi connectivity index (χ0n) is 10.9. The lowest BCUT2D eigenvalue weighted by molar-refractivity contribution is -0.183. The van der Waals surface area contributed by atoms with Crippen molar-refractivity contribution in [2.45, 2.75) is 50.9 Å². The predicted octanol–water partition coefficient (Wildman–Crippen LogP) is 2.98. The molecule has 0 aliphatic heterocycles. The Hall–Kier alpha value is -1.04. The molecule has 0 spiro atoms. The van der Waals surface area contributed by atoms with Crippen LogP contribution in [0.1, 0.15) is 32.1 Å². The fraction of sp³-hybridized carbons (Fsp3) is 0.769. The van der Waals surface area contributed by atoms with Crippen molar-refractivity contribution < 1.29 is 13.2 Å². The fourth-order valence-electron chi connectivity index (χ4n) is 2.65. The minimum absolute atomic E-state index is 0.0120. The van der Waals surface area contributed by atoms with Crippen LogP contribution >= 0.6 is 0 Å². The Kier molecular flexibility index (Phi) is 4.85. The number of hydrogen-bond donors (Lipinski definition) is 1. The molecule has 0 radical (unpaired) electrons. The third-order valence-corrected chi connectivity index (χ3v) is 3.69. The van der Waals surface area contributed by atoms with E-state index in [-0.39, 0.29) is 18.9 Å². The van der Waals surface area contributed by atoms with Gasteiger partial charge in [0, 0.05) is 25.0 Å². The Balaban J connectivity index is 1.65. The maximum atomic E-state index is 12.6. The number of nitrogens with one attached hydrogen (secondary N) is 1. The summed E-state index contributed by atoms with van der Waals surface area (Å²) in [6, 6.07) is 1.88. The largest absolute Gasteiger partial charge is 0.391 e. The standard InChI is InChI=1S/C13H20F3N3/c14-13(15,16)11-4-1-5-12(10-11)17-6-2-8-19-9-3-7-18-19/h3,7,9,11-12,17H,1-2,4-6,8,10H2. The minimum atomic E-state index is -4.03. The predicted molar refractivity (Wildman–Crippen MR) is 66.6 cm³/mol. The van der Waals surface area contributed by atoms with Gasteiger partial charge in [0.05, 0.1) is 5.92 Å². The quantitative estimate of drug-likeness (QED) is 0.837. The second-order valence-electron chi connectivity index (χ2n) is 5.18. The topological polar surface area (TPSA) is 29.9 Å². The Morgan fingerprint density at radius 2 is 2.16 bits per heavy atom. The van der Waals surface area contributed by atoms with E-state index in [1.807, 2.05) is 16.9 Å². The molecular weight excluding hydrogens is 255 g/mol. The van der Waals surface area contributed by atoms with Crippen molar-refractivity contribution in [1.29, 1.82) is 0 Å². The molecule has 108 valence electrons. The first-order valence-electron chi connectivity index (χ1n) is 6.83. The second-order valence-corrected chi connectivity index (χ2v) is 5.18. The number of alkyl halides is 3. The summed E-state index contributed by atoms with van der Waals surface area (Å²) in [5.74, 6) is -1.12. The summed E-state index contributed by atoms with van der Waals surface area (Å²) in [7, 11) is 0. The second kappa shape index (κ2) is 6.41. The molecule has 0 aromatic carbocycles. The third kappa shape index (κ3) is 4.53. The monoisotopic (exact) mass is 275 g/mol. The molecule has 2 rings (SSSR count). The van der Waals surface area contributed by atoms with Gasteiger partial charge in [-0.15, -0.1) is 0 Å². The highest BCUT2D eigenvalue weighted by Crippen LogP contribution is 2.37. The van der Waals surface area contributed by atoms with Gasteiger partial charge in [0.15, 0.2) is 0 Å². The van der Waals surface area contributed by atoms with E-state index in [0.717, 1.165) is 25.9 Å². The lowest BCUT2D eigenvalue weighted by atomic mass is 9.85. The molecule has 1 fully saturated rings. The number of halogens is 3. The van der Waals surface area contributed by atoms with Gasteiger partial charge < -0.3 is 5.32 Å². The summed E-state index contributed by atoms with van der Waals surface area (Å²) in [5.41, 5.74) is 0. The lowest BCUT2D eigenvalue weighted by Crippen LogP contribution is -2.39. The maximum absolute atomic E-state index is 12.6. The van der Waals surface area contributed by atoms with E-state index in [1.165, 1.54) is 0 Å². The SMILES string of the molecule is FC(F)(F)C1CCCC(NCCCn2cccn2)C1. The summed E-state index contributed by atoms with van der Waals surface area (Å²) in [6.45, 7) is 1.55. The third-order valence-electron chi connectivity index (χ3n) is 3.69. The minimum Gasteiger partial charge on any atom is -0.314 e. The lowest BCUT2D eigenvalue weighted by Gasteiger charge is -2.31. The van der Waals surface area contributed by atoms with Gasteiger partial charge in [0.1, 0.15) is 0 Å². The molecule has 19 heavy (non-hydrogen) atoms. The van der Waals surface area contributed by atoms with Crippen LogP contribution in [0.4, 0.5) is 13.2 Å². The first-order valence-corrected chi connectivity index (χ1v) is 6.83. The smallest absolute Gasteiger partial charge is 0.314 e. The van der Waals surface area contributed by atoms with Crippen LogP contribution in [0, 0.1) is 5.92 Å². The zero-order valence-corrected chi connectivity index (χ0v) is 10.9. The van der Waals surface area contributed by atoms with E-state index >= 15 is 0 Å². The van der Waals surface area contributed by atoms with Gasteiger partial charge in [-0.3, -0.25) is 4.68 Å². The number of aryl methyl sites for hydroxylation is 1. The molecule has 0 amide bonds. The van der Waals surface area contributed by atoms with E-state index in [4.69, 9.17) is 0 Å². The van der Waals surface area contributed by atoms with Crippen LogP contribution < -0.4 is 5.32 Å². The zero-order chi connectivity index (χ0) is 13.7. The number of rotatable bonds is 5. The summed E-state index contributed by atoms with van der Waals surface area (Å²) >= 11 is 0. The first kappa shape index (κ1) is 14.4. The normalized spacial score (nSPS) is 24.6. The van der Waals surface area contributed by atoms with Gasteiger partial charge in [-0.25, -0.2) is 0 Å². The number of hydrogen-bond acceptors (Lipinski definition) is 2. The Morgan fingerprint density at radius 3 is 2.84 bits per heavy atom. The molecule has 1 aromatic rings. The average molecular weight is 275 g/mol. The van der Waals surface area contributed by atoms with Crippen LogP contribution in [-0.2, 0) is 6.54 Å². The first-order chi connectivity index (χ1) is 9.05. The van der Waals surface area contributed by atoms with E-state index in [2.05, 4.69) is 10.4 Å². The molecule has 3 nitrogen and oxygen atoms in total. The molecule has 6 heteroatoms. The van der Waals surface area contributed by atoms with E-state index in [9.17, 15) is 13.2 Å². The average Bonchev–Trinajstić information content (AvgIpc) is 2.87. The van der Waals surface area contributed by atoms with Crippen LogP contribution in [0.15, 0.2) is 18.5 Å². The molecule has 1 N–H and O–H groups in total. The molecule has 1 heterocycles. The van der Waals surface area contributed by atoms with Crippen molar-refractivity contribution in [3.05, 3.63) is 18.5 Å². The van der Waals surface area contributed by atoms with Gasteiger partial charge in [-0.1, -0.05) is 6.42 Å². The highest BCUT2D eigenvalue weighted by Gasteiger charge is 2.41. The van der Waals surface area contributed by atoms with Gasteiger partial charge in [0.2, 0.25) is 0 Å². The summed E-state index contributed by atoms with van der Waals surface area (Å²) < 4.78 is 39.8. The molecule has 1 saturated carbocycles. The van der Waals surface area contributed by atoms with Crippen molar-refractivity contribution in [3.8, 4) is 0 Å². The summed E-state index contributed by atoms with van der Waals surface area (Å²) in [4.78, 5) is 0. The van der Waals surface area contributed by atoms with Crippen molar-refractivity contribution in [2.24, 2.45) is 5.92 Å². The van der Waals surface area contributed by atoms with Crippen LogP contribution in [0.2, 0.25) is 0 Å². The van der Waals surface area contributed by atoms with Gasteiger partial charge in [-0.05, 0) is 38.3 Å².